The highest BCUT2D eigenvalue weighted by Crippen LogP contribution is 2.25. The van der Waals surface area contributed by atoms with Gasteiger partial charge >= 0.3 is 0 Å². The van der Waals surface area contributed by atoms with E-state index in [-0.39, 0.29) is 11.9 Å². The lowest BCUT2D eigenvalue weighted by Crippen LogP contribution is -2.40. The number of carbonyl (C=O) groups is 1. The van der Waals surface area contributed by atoms with Gasteiger partial charge in [0.1, 0.15) is 11.8 Å². The highest BCUT2D eigenvalue weighted by molar-refractivity contribution is 5.85. The lowest BCUT2D eigenvalue weighted by atomic mass is 10.0. The topological polar surface area (TPSA) is 45.1 Å². The van der Waals surface area contributed by atoms with Crippen molar-refractivity contribution in [1.29, 1.82) is 0 Å². The van der Waals surface area contributed by atoms with Gasteiger partial charge in [-0.25, -0.2) is 0 Å². The van der Waals surface area contributed by atoms with E-state index in [1.165, 1.54) is 0 Å². The van der Waals surface area contributed by atoms with Crippen molar-refractivity contribution in [3.05, 3.63) is 29.8 Å². The van der Waals surface area contributed by atoms with E-state index in [4.69, 9.17) is 4.74 Å². The number of nitrogens with zero attached hydrogens (tertiary/aromatic N) is 3. The fraction of sp³-hybridized carbons (Fsp3) is 0.500. The molecule has 21 heavy (non-hydrogen) atoms. The number of rotatable bonds is 5. The Hall–Kier alpha value is -2.04. The molecule has 1 atom stereocenters. The Morgan fingerprint density at radius 2 is 1.95 bits per heavy atom. The number of methoxy groups -OCH3 is 1. The molecule has 0 radical (unpaired) electrons. The zero-order valence-corrected chi connectivity index (χ0v) is 13.0. The highest BCUT2D eigenvalue weighted by atomic mass is 16.5. The van der Waals surface area contributed by atoms with Crippen LogP contribution < -0.4 is 4.74 Å². The molecular weight excluding hydrogens is 266 g/mol. The monoisotopic (exact) mass is 289 g/mol. The number of hydrogen-bond donors (Lipinski definition) is 0. The van der Waals surface area contributed by atoms with Crippen LogP contribution in [0.15, 0.2) is 29.3 Å². The van der Waals surface area contributed by atoms with Crippen LogP contribution in [0, 0.1) is 0 Å². The smallest absolute Gasteiger partial charge is 0.249 e. The third-order valence-corrected chi connectivity index (χ3v) is 3.79. The number of likely N-dealkylation sites (tertiary alicyclic amines) is 1. The van der Waals surface area contributed by atoms with Crippen LogP contribution in [0.1, 0.15) is 24.4 Å². The molecule has 0 N–H and O–H groups in total. The minimum Gasteiger partial charge on any atom is -0.497 e. The normalized spacial score (nSPS) is 16.2. The van der Waals surface area contributed by atoms with Crippen molar-refractivity contribution in [3.8, 4) is 5.75 Å². The van der Waals surface area contributed by atoms with Crippen LogP contribution in [0.4, 0.5) is 0 Å². The van der Waals surface area contributed by atoms with Gasteiger partial charge in [-0.1, -0.05) is 12.1 Å². The second-order valence-electron chi connectivity index (χ2n) is 5.25. The lowest BCUT2D eigenvalue weighted by Gasteiger charge is -2.29. The number of ether oxygens (including phenoxy) is 1. The maximum absolute atomic E-state index is 12.8. The summed E-state index contributed by atoms with van der Waals surface area (Å²) in [7, 11) is 5.23. The van der Waals surface area contributed by atoms with Crippen molar-refractivity contribution >= 4 is 12.2 Å². The SMILES string of the molecule is CN=CN(C)C(C(=O)N1CCCC1)c1ccc(OC)cc1. The molecule has 1 aromatic rings. The number of carbonyl (C=O) groups excluding carboxylic acids is 1. The van der Waals surface area contributed by atoms with E-state index in [0.29, 0.717) is 0 Å². The molecule has 1 unspecified atom stereocenters. The summed E-state index contributed by atoms with van der Waals surface area (Å²) in [4.78, 5) is 20.6. The van der Waals surface area contributed by atoms with Crippen molar-refractivity contribution in [1.82, 2.24) is 9.80 Å². The molecule has 0 aromatic heterocycles. The number of hydrogen-bond acceptors (Lipinski definition) is 3. The third kappa shape index (κ3) is 3.54. The molecular formula is C16H23N3O2. The zero-order valence-electron chi connectivity index (χ0n) is 13.0. The molecule has 1 heterocycles. The number of likely N-dealkylation sites (N-methyl/N-ethyl adjacent to an activating group) is 1. The van der Waals surface area contributed by atoms with Gasteiger partial charge in [0.25, 0.3) is 0 Å². The lowest BCUT2D eigenvalue weighted by molar-refractivity contribution is -0.134. The van der Waals surface area contributed by atoms with Crippen LogP contribution >= 0.6 is 0 Å². The predicted octanol–water partition coefficient (Wildman–Crippen LogP) is 1.95. The van der Waals surface area contributed by atoms with E-state index < -0.39 is 0 Å². The first-order valence-electron chi connectivity index (χ1n) is 7.24. The Morgan fingerprint density at radius 1 is 1.33 bits per heavy atom. The van der Waals surface area contributed by atoms with Crippen LogP contribution in [0.25, 0.3) is 0 Å². The molecule has 2 rings (SSSR count). The molecule has 5 nitrogen and oxygen atoms in total. The van der Waals surface area contributed by atoms with Gasteiger partial charge in [-0.2, -0.15) is 0 Å². The van der Waals surface area contributed by atoms with Gasteiger partial charge < -0.3 is 14.5 Å². The fourth-order valence-corrected chi connectivity index (χ4v) is 2.70. The van der Waals surface area contributed by atoms with Crippen LogP contribution in [-0.2, 0) is 4.79 Å². The summed E-state index contributed by atoms with van der Waals surface area (Å²) in [6.07, 6.45) is 3.88. The second kappa shape index (κ2) is 7.11. The summed E-state index contributed by atoms with van der Waals surface area (Å²) >= 11 is 0. The van der Waals surface area contributed by atoms with Gasteiger partial charge in [0.2, 0.25) is 5.91 Å². The molecule has 1 fully saturated rings. The molecule has 1 amide bonds. The van der Waals surface area contributed by atoms with Crippen LogP contribution in [0.2, 0.25) is 0 Å². The van der Waals surface area contributed by atoms with E-state index >= 15 is 0 Å². The standard InChI is InChI=1S/C16H23N3O2/c1-17-12-18(2)15(16(20)19-10-4-5-11-19)13-6-8-14(21-3)9-7-13/h6-9,12,15H,4-5,10-11H2,1-3H3. The number of amides is 1. The molecule has 1 aliphatic rings. The molecule has 0 bridgehead atoms. The van der Waals surface area contributed by atoms with E-state index in [2.05, 4.69) is 4.99 Å². The molecule has 0 spiro atoms. The number of benzene rings is 1. The van der Waals surface area contributed by atoms with E-state index in [0.717, 1.165) is 37.2 Å². The Bertz CT molecular complexity index is 493. The Balaban J connectivity index is 2.27. The summed E-state index contributed by atoms with van der Waals surface area (Å²) in [6, 6.07) is 7.32. The average molecular weight is 289 g/mol. The molecule has 1 aliphatic heterocycles. The summed E-state index contributed by atoms with van der Waals surface area (Å²) in [5.41, 5.74) is 0.954. The van der Waals surface area contributed by atoms with Gasteiger partial charge in [-0.05, 0) is 30.5 Å². The minimum atomic E-state index is -0.335. The summed E-state index contributed by atoms with van der Waals surface area (Å²) in [5, 5.41) is 0. The molecule has 0 aliphatic carbocycles. The van der Waals surface area contributed by atoms with E-state index in [1.807, 2.05) is 41.1 Å². The van der Waals surface area contributed by atoms with Crippen molar-refractivity contribution in [2.45, 2.75) is 18.9 Å². The fourth-order valence-electron chi connectivity index (χ4n) is 2.70. The Morgan fingerprint density at radius 3 is 2.48 bits per heavy atom. The van der Waals surface area contributed by atoms with Crippen LogP contribution in [0.5, 0.6) is 5.75 Å². The van der Waals surface area contributed by atoms with Crippen molar-refractivity contribution < 1.29 is 9.53 Å². The Labute approximate surface area is 126 Å². The van der Waals surface area contributed by atoms with E-state index in [1.54, 1.807) is 20.5 Å². The first-order chi connectivity index (χ1) is 10.2. The Kier molecular flexibility index (Phi) is 5.20. The zero-order chi connectivity index (χ0) is 15.2. The maximum atomic E-state index is 12.8. The maximum Gasteiger partial charge on any atom is 0.249 e. The summed E-state index contributed by atoms with van der Waals surface area (Å²) < 4.78 is 5.18. The molecule has 0 saturated carbocycles. The van der Waals surface area contributed by atoms with Crippen molar-refractivity contribution in [2.75, 3.05) is 34.3 Å². The summed E-state index contributed by atoms with van der Waals surface area (Å²) in [5.74, 6) is 0.929. The molecule has 1 saturated heterocycles. The van der Waals surface area contributed by atoms with Crippen LogP contribution in [0.3, 0.4) is 0 Å². The largest absolute Gasteiger partial charge is 0.497 e. The quantitative estimate of drug-likeness (QED) is 0.615. The molecule has 1 aromatic carbocycles. The average Bonchev–Trinajstić information content (AvgIpc) is 3.02. The van der Waals surface area contributed by atoms with Gasteiger partial charge in [0.05, 0.1) is 13.4 Å². The highest BCUT2D eigenvalue weighted by Gasteiger charge is 2.30. The van der Waals surface area contributed by atoms with Crippen LogP contribution in [-0.4, -0.2) is 56.3 Å². The predicted molar refractivity (Wildman–Crippen MR) is 83.7 cm³/mol. The van der Waals surface area contributed by atoms with Gasteiger partial charge in [0, 0.05) is 27.2 Å². The minimum absolute atomic E-state index is 0.139. The van der Waals surface area contributed by atoms with Gasteiger partial charge in [0.15, 0.2) is 0 Å². The summed E-state index contributed by atoms with van der Waals surface area (Å²) in [6.45, 7) is 1.70. The first-order valence-corrected chi connectivity index (χ1v) is 7.24. The van der Waals surface area contributed by atoms with Crippen molar-refractivity contribution in [3.63, 3.8) is 0 Å². The van der Waals surface area contributed by atoms with Crippen molar-refractivity contribution in [2.24, 2.45) is 4.99 Å². The second-order valence-corrected chi connectivity index (χ2v) is 5.25. The third-order valence-electron chi connectivity index (χ3n) is 3.79. The van der Waals surface area contributed by atoms with Gasteiger partial charge in [-0.3, -0.25) is 9.79 Å². The van der Waals surface area contributed by atoms with Gasteiger partial charge in [-0.15, -0.1) is 0 Å². The number of aliphatic imine (C=N–C) groups is 1. The van der Waals surface area contributed by atoms with E-state index in [9.17, 15) is 4.79 Å². The molecule has 114 valence electrons. The molecule has 5 heteroatoms. The first kappa shape index (κ1) is 15.4.